The Morgan fingerprint density at radius 1 is 1.00 bits per heavy atom. The molecule has 2 aromatic carbocycles. The number of nitrogens with one attached hydrogen (secondary N) is 1. The van der Waals surface area contributed by atoms with Gasteiger partial charge in [-0.2, -0.15) is 10.2 Å². The molecule has 0 atom stereocenters. The van der Waals surface area contributed by atoms with Crippen LogP contribution in [-0.2, 0) is 11.2 Å². The van der Waals surface area contributed by atoms with Crippen LogP contribution in [0.15, 0.2) is 73.1 Å². The third-order valence-corrected chi connectivity index (χ3v) is 4.94. The normalized spacial score (nSPS) is 10.8. The van der Waals surface area contributed by atoms with Crippen LogP contribution in [0.4, 0.5) is 5.69 Å². The molecule has 0 bridgehead atoms. The summed E-state index contributed by atoms with van der Waals surface area (Å²) in [6.07, 6.45) is 4.64. The number of amides is 1. The molecule has 0 radical (unpaired) electrons. The summed E-state index contributed by atoms with van der Waals surface area (Å²) in [6.45, 7) is 4.04. The van der Waals surface area contributed by atoms with Crippen LogP contribution in [0.5, 0.6) is 0 Å². The first-order valence-corrected chi connectivity index (χ1v) is 9.62. The molecular weight excluding hydrogens is 362 g/mol. The molecule has 0 spiro atoms. The van der Waals surface area contributed by atoms with Crippen LogP contribution in [0.1, 0.15) is 23.4 Å². The highest BCUT2D eigenvalue weighted by Gasteiger charge is 2.14. The molecule has 6 nitrogen and oxygen atoms in total. The Balaban J connectivity index is 1.43. The van der Waals surface area contributed by atoms with Crippen molar-refractivity contribution in [2.75, 3.05) is 5.32 Å². The topological polar surface area (TPSA) is 64.7 Å². The minimum absolute atomic E-state index is 0.0196. The summed E-state index contributed by atoms with van der Waals surface area (Å²) in [4.78, 5) is 12.5. The fourth-order valence-corrected chi connectivity index (χ4v) is 3.47. The van der Waals surface area contributed by atoms with E-state index in [0.717, 1.165) is 34.0 Å². The summed E-state index contributed by atoms with van der Waals surface area (Å²) >= 11 is 0. The van der Waals surface area contributed by atoms with E-state index in [-0.39, 0.29) is 5.91 Å². The van der Waals surface area contributed by atoms with Crippen LogP contribution >= 0.6 is 0 Å². The molecule has 6 heteroatoms. The van der Waals surface area contributed by atoms with Gasteiger partial charge in [0.15, 0.2) is 0 Å². The molecule has 0 aliphatic carbocycles. The Kier molecular flexibility index (Phi) is 5.24. The Morgan fingerprint density at radius 3 is 2.55 bits per heavy atom. The van der Waals surface area contributed by atoms with Crippen LogP contribution in [0.2, 0.25) is 0 Å². The third kappa shape index (κ3) is 4.11. The molecule has 146 valence electrons. The maximum atomic E-state index is 12.5. The van der Waals surface area contributed by atoms with Crippen LogP contribution in [0.3, 0.4) is 0 Å². The molecule has 4 rings (SSSR count). The highest BCUT2D eigenvalue weighted by molar-refractivity contribution is 5.91. The highest BCUT2D eigenvalue weighted by Crippen LogP contribution is 2.20. The summed E-state index contributed by atoms with van der Waals surface area (Å²) in [5, 5.41) is 11.9. The van der Waals surface area contributed by atoms with Crippen molar-refractivity contribution in [3.8, 4) is 11.4 Å². The highest BCUT2D eigenvalue weighted by atomic mass is 16.1. The van der Waals surface area contributed by atoms with Gasteiger partial charge in [-0.3, -0.25) is 4.79 Å². The zero-order valence-corrected chi connectivity index (χ0v) is 16.5. The predicted octanol–water partition coefficient (Wildman–Crippen LogP) is 4.25. The molecule has 0 saturated carbocycles. The number of benzene rings is 2. The monoisotopic (exact) mass is 385 g/mol. The molecule has 1 amide bonds. The van der Waals surface area contributed by atoms with E-state index in [1.807, 2.05) is 85.4 Å². The van der Waals surface area contributed by atoms with E-state index < -0.39 is 0 Å². The van der Waals surface area contributed by atoms with Gasteiger partial charge in [-0.25, -0.2) is 9.36 Å². The van der Waals surface area contributed by atoms with Crippen LogP contribution in [-0.4, -0.2) is 25.5 Å². The van der Waals surface area contributed by atoms with Crippen LogP contribution in [0.25, 0.3) is 11.4 Å². The van der Waals surface area contributed by atoms with Crippen molar-refractivity contribution >= 4 is 11.6 Å². The first-order chi connectivity index (χ1) is 14.1. The zero-order valence-electron chi connectivity index (χ0n) is 16.5. The summed E-state index contributed by atoms with van der Waals surface area (Å²) in [5.41, 5.74) is 5.84. The van der Waals surface area contributed by atoms with Gasteiger partial charge in [-0.15, -0.1) is 0 Å². The number of anilines is 1. The van der Waals surface area contributed by atoms with Gasteiger partial charge in [0.2, 0.25) is 5.91 Å². The number of carbonyl (C=O) groups is 1. The van der Waals surface area contributed by atoms with Crippen molar-refractivity contribution in [1.29, 1.82) is 0 Å². The Hall–Kier alpha value is -3.67. The average molecular weight is 385 g/mol. The summed E-state index contributed by atoms with van der Waals surface area (Å²) in [5.74, 6) is -0.0196. The standard InChI is InChI=1S/C23H23N5O/c1-17-22(18(2)28(26-17)20-9-4-3-5-10-20)12-13-23(29)25-19-8-6-11-21(16-19)27-15-7-14-24-27/h3-11,14-16H,12-13H2,1-2H3,(H,25,29). The second-order valence-electron chi connectivity index (χ2n) is 6.95. The number of rotatable bonds is 6. The van der Waals surface area contributed by atoms with Crippen molar-refractivity contribution < 1.29 is 4.79 Å². The van der Waals surface area contributed by atoms with Gasteiger partial charge < -0.3 is 5.32 Å². The number of aryl methyl sites for hydroxylation is 1. The van der Waals surface area contributed by atoms with E-state index in [4.69, 9.17) is 0 Å². The molecule has 2 heterocycles. The summed E-state index contributed by atoms with van der Waals surface area (Å²) in [7, 11) is 0. The predicted molar refractivity (Wildman–Crippen MR) is 114 cm³/mol. The summed E-state index contributed by atoms with van der Waals surface area (Å²) in [6, 6.07) is 19.6. The molecule has 2 aromatic heterocycles. The Bertz CT molecular complexity index is 1110. The fraction of sp³-hybridized carbons (Fsp3) is 0.174. The van der Waals surface area contributed by atoms with Crippen molar-refractivity contribution in [1.82, 2.24) is 19.6 Å². The third-order valence-electron chi connectivity index (χ3n) is 4.94. The number of carbonyl (C=O) groups excluding carboxylic acids is 1. The lowest BCUT2D eigenvalue weighted by Gasteiger charge is -2.08. The SMILES string of the molecule is Cc1nn(-c2ccccc2)c(C)c1CCC(=O)Nc1cccc(-n2cccn2)c1. The molecule has 4 aromatic rings. The molecule has 0 unspecified atom stereocenters. The molecule has 0 fully saturated rings. The molecule has 1 N–H and O–H groups in total. The Labute approximate surface area is 169 Å². The lowest BCUT2D eigenvalue weighted by molar-refractivity contribution is -0.116. The van der Waals surface area contributed by atoms with Crippen molar-refractivity contribution in [3.63, 3.8) is 0 Å². The van der Waals surface area contributed by atoms with Gasteiger partial charge in [-0.1, -0.05) is 24.3 Å². The number of nitrogens with zero attached hydrogens (tertiary/aromatic N) is 4. The van der Waals surface area contributed by atoms with Gasteiger partial charge in [-0.05, 0) is 62.2 Å². The van der Waals surface area contributed by atoms with Gasteiger partial charge >= 0.3 is 0 Å². The van der Waals surface area contributed by atoms with E-state index in [1.165, 1.54) is 0 Å². The molecule has 0 aliphatic rings. The molecule has 0 saturated heterocycles. The van der Waals surface area contributed by atoms with Crippen molar-refractivity contribution in [3.05, 3.63) is 90.0 Å². The van der Waals surface area contributed by atoms with E-state index in [1.54, 1.807) is 10.9 Å². The van der Waals surface area contributed by atoms with Crippen LogP contribution in [0, 0.1) is 13.8 Å². The molecular formula is C23H23N5O. The number of hydrogen-bond acceptors (Lipinski definition) is 3. The van der Waals surface area contributed by atoms with E-state index in [0.29, 0.717) is 12.8 Å². The van der Waals surface area contributed by atoms with Gasteiger partial charge in [0.1, 0.15) is 0 Å². The van der Waals surface area contributed by atoms with E-state index in [2.05, 4.69) is 15.5 Å². The lowest BCUT2D eigenvalue weighted by atomic mass is 10.1. The molecule has 0 aliphatic heterocycles. The first kappa shape index (κ1) is 18.7. The minimum atomic E-state index is -0.0196. The maximum Gasteiger partial charge on any atom is 0.224 e. The van der Waals surface area contributed by atoms with Crippen molar-refractivity contribution in [2.24, 2.45) is 0 Å². The van der Waals surface area contributed by atoms with Gasteiger partial charge in [0.05, 0.1) is 17.1 Å². The second-order valence-corrected chi connectivity index (χ2v) is 6.95. The fourth-order valence-electron chi connectivity index (χ4n) is 3.47. The van der Waals surface area contributed by atoms with Crippen LogP contribution < -0.4 is 5.32 Å². The minimum Gasteiger partial charge on any atom is -0.326 e. The largest absolute Gasteiger partial charge is 0.326 e. The number of hydrogen-bond donors (Lipinski definition) is 1. The second kappa shape index (κ2) is 8.14. The zero-order chi connectivity index (χ0) is 20.2. The van der Waals surface area contributed by atoms with Crippen molar-refractivity contribution in [2.45, 2.75) is 26.7 Å². The average Bonchev–Trinajstić information content (AvgIpc) is 3.36. The van der Waals surface area contributed by atoms with Gasteiger partial charge in [0.25, 0.3) is 0 Å². The van der Waals surface area contributed by atoms with E-state index in [9.17, 15) is 4.79 Å². The summed E-state index contributed by atoms with van der Waals surface area (Å²) < 4.78 is 3.70. The maximum absolute atomic E-state index is 12.5. The number of para-hydroxylation sites is 1. The van der Waals surface area contributed by atoms with Gasteiger partial charge in [0, 0.05) is 30.2 Å². The quantitative estimate of drug-likeness (QED) is 0.540. The number of aromatic nitrogens is 4. The lowest BCUT2D eigenvalue weighted by Crippen LogP contribution is -2.13. The molecule has 29 heavy (non-hydrogen) atoms. The Morgan fingerprint density at radius 2 is 1.79 bits per heavy atom. The first-order valence-electron chi connectivity index (χ1n) is 9.62. The van der Waals surface area contributed by atoms with E-state index >= 15 is 0 Å². The smallest absolute Gasteiger partial charge is 0.224 e.